The third-order valence-corrected chi connectivity index (χ3v) is 30.6. The Kier molecular flexibility index (Phi) is 65.1. The van der Waals surface area contributed by atoms with E-state index in [1.165, 1.54) is 148 Å². The van der Waals surface area contributed by atoms with Gasteiger partial charge in [0.15, 0.2) is 0 Å². The van der Waals surface area contributed by atoms with Gasteiger partial charge in [0, 0.05) is 10.8 Å². The van der Waals surface area contributed by atoms with E-state index < -0.39 is 0 Å². The quantitative estimate of drug-likeness (QED) is 0.0646. The standard InChI is InChI=1S/C17H30O2.C17H32O2.C16H28O2.C15H28O2.2C14H26O2.12CH4/c1-8-14(2,3)13(18)19-17(7)11-12-9-10-16(17,6)15(12,4)5;1-5-16(2,3)15(18)19-17(4)13-11-9-7-6-8-10-12-14-17;1-7-11(2)13(17)18-16(6)10-12-8-9-15(16,5)14(12,3)4;1-5-14(3,4)13(16)17-15(6-2)11-9-7-8-10-12-15;1-5-13(2,3)12(15)16-14(4)10-8-6-7-9-11-14;1-4-12(3)13(15)16-14(5-2)10-8-6-7-9-11-14;;;;;;;;;;;;/h12H,8-11H2,1-7H3;5-14H2,1-4H3;11-12H,7-10H2,1-6H3;5-12H2,1-4H3;5-11H2,1-4H3;12H,4-11H2,1-3H3;12*1H4. The number of fused-ring (bicyclic) bond motifs is 4. The monoisotopic (exact) mass is 1670 g/mol. The molecule has 0 aliphatic heterocycles. The van der Waals surface area contributed by atoms with Gasteiger partial charge in [-0.15, -0.1) is 0 Å². The number of hydrogen-bond donors (Lipinski definition) is 0. The van der Waals surface area contributed by atoms with E-state index in [-0.39, 0.29) is 214 Å². The normalized spacial score (nSPS) is 25.6. The predicted molar refractivity (Wildman–Crippen MR) is 515 cm³/mol. The van der Waals surface area contributed by atoms with Crippen LogP contribution in [0.25, 0.3) is 0 Å². The van der Waals surface area contributed by atoms with Crippen LogP contribution in [0.4, 0.5) is 0 Å². The topological polar surface area (TPSA) is 158 Å². The van der Waals surface area contributed by atoms with E-state index in [1.807, 2.05) is 96.9 Å². The van der Waals surface area contributed by atoms with E-state index in [1.54, 1.807) is 0 Å². The number of esters is 6. The van der Waals surface area contributed by atoms with Gasteiger partial charge in [0.05, 0.1) is 33.5 Å². The molecule has 0 heterocycles. The van der Waals surface area contributed by atoms with E-state index in [0.717, 1.165) is 116 Å². The van der Waals surface area contributed by atoms with Crippen LogP contribution in [0.1, 0.15) is 546 Å². The van der Waals surface area contributed by atoms with Crippen molar-refractivity contribution < 1.29 is 57.2 Å². The summed E-state index contributed by atoms with van der Waals surface area (Å²) in [6, 6.07) is 0. The Morgan fingerprint density at radius 2 is 0.504 bits per heavy atom. The molecule has 8 atom stereocenters. The summed E-state index contributed by atoms with van der Waals surface area (Å²) in [6.07, 6.45) is 46.3. The summed E-state index contributed by atoms with van der Waals surface area (Å²) >= 11 is 0. The van der Waals surface area contributed by atoms with Crippen LogP contribution in [-0.4, -0.2) is 69.4 Å². The molecule has 0 spiro atoms. The molecule has 0 radical (unpaired) electrons. The smallest absolute Gasteiger partial charge is 0.312 e. The van der Waals surface area contributed by atoms with Gasteiger partial charge in [-0.1, -0.05) is 271 Å². The summed E-state index contributed by atoms with van der Waals surface area (Å²) in [5.74, 6) is 1.38. The fraction of sp³-hybridized carbons (Fsp3) is 0.943. The van der Waals surface area contributed by atoms with Crippen molar-refractivity contribution in [2.45, 2.75) is 580 Å². The first-order valence-electron chi connectivity index (χ1n) is 44.0. The van der Waals surface area contributed by atoms with Crippen LogP contribution in [0, 0.1) is 67.0 Å². The molecule has 710 valence electrons. The van der Waals surface area contributed by atoms with E-state index >= 15 is 0 Å². The zero-order valence-corrected chi connectivity index (χ0v) is 74.2. The lowest BCUT2D eigenvalue weighted by Crippen LogP contribution is -2.49. The Hall–Kier alpha value is -3.18. The van der Waals surface area contributed by atoms with Crippen LogP contribution in [0.15, 0.2) is 0 Å². The highest BCUT2D eigenvalue weighted by atomic mass is 16.6. The maximum absolute atomic E-state index is 12.5. The van der Waals surface area contributed by atoms with Gasteiger partial charge >= 0.3 is 35.8 Å². The fourth-order valence-electron chi connectivity index (χ4n) is 17.9. The highest BCUT2D eigenvalue weighted by molar-refractivity contribution is 5.78. The Labute approximate surface area is 735 Å². The van der Waals surface area contributed by atoms with Crippen LogP contribution >= 0.6 is 0 Å². The lowest BCUT2D eigenvalue weighted by Gasteiger charge is -2.46. The summed E-state index contributed by atoms with van der Waals surface area (Å²) in [5.41, 5.74) is -1.89. The van der Waals surface area contributed by atoms with Gasteiger partial charge in [-0.05, 0) is 298 Å². The molecule has 8 saturated carbocycles. The van der Waals surface area contributed by atoms with Gasteiger partial charge in [-0.3, -0.25) is 28.8 Å². The Bertz CT molecular complexity index is 2650. The molecule has 8 unspecified atom stereocenters. The number of rotatable bonds is 20. The van der Waals surface area contributed by atoms with Crippen molar-refractivity contribution >= 4 is 35.8 Å². The van der Waals surface area contributed by atoms with Crippen molar-refractivity contribution in [3.05, 3.63) is 0 Å². The van der Waals surface area contributed by atoms with Gasteiger partial charge in [0.1, 0.15) is 33.6 Å². The molecule has 12 nitrogen and oxygen atoms in total. The summed E-state index contributed by atoms with van der Waals surface area (Å²) in [7, 11) is 0. The fourth-order valence-corrected chi connectivity index (χ4v) is 17.9. The number of carbonyl (C=O) groups is 6. The van der Waals surface area contributed by atoms with E-state index in [9.17, 15) is 28.8 Å². The molecule has 4 bridgehead atoms. The molecule has 8 aliphatic carbocycles. The van der Waals surface area contributed by atoms with Gasteiger partial charge in [-0.2, -0.15) is 0 Å². The first kappa shape index (κ1) is 134. The molecular formula is C105H218O12. The van der Waals surface area contributed by atoms with Gasteiger partial charge in [-0.25, -0.2) is 0 Å². The largest absolute Gasteiger partial charge is 0.459 e. The van der Waals surface area contributed by atoms with Crippen LogP contribution in [-0.2, 0) is 57.2 Å². The average Bonchev–Trinajstić information content (AvgIpc) is 1.54. The van der Waals surface area contributed by atoms with Crippen molar-refractivity contribution in [1.82, 2.24) is 0 Å². The SMILES string of the molecule is C.C.C.C.C.C.C.C.C.C.C.C.CCC(C)(C)C(=O)OC1(C)CC2CCC1(C)C2(C)C.CCC(C)(C)C(=O)OC1(C)CCCCCC1.CCC(C)(C)C(=O)OC1(C)CCCCCCCCC1.CCC(C)C(=O)OC1(C)CC2CCC1(C)C2(C)C.CCC(C)C(=O)OC1(CC)CCCCCC1.CCC1(OC(=O)C(C)(C)CC)CCCCCC1. The van der Waals surface area contributed by atoms with Gasteiger partial charge in [0.2, 0.25) is 0 Å². The van der Waals surface area contributed by atoms with Crippen molar-refractivity contribution in [1.29, 1.82) is 0 Å². The lowest BCUT2D eigenvalue weighted by atomic mass is 9.65. The molecule has 12 heteroatoms. The predicted octanol–water partition coefficient (Wildman–Crippen LogP) is 34.3. The maximum atomic E-state index is 12.5. The Morgan fingerprint density at radius 1 is 0.291 bits per heavy atom. The number of hydrogen-bond acceptors (Lipinski definition) is 12. The first-order valence-corrected chi connectivity index (χ1v) is 44.0. The Morgan fingerprint density at radius 3 is 0.726 bits per heavy atom. The Balaban J connectivity index is -0.000000144. The van der Waals surface area contributed by atoms with Crippen molar-refractivity contribution in [3.8, 4) is 0 Å². The zero-order valence-electron chi connectivity index (χ0n) is 74.2. The molecule has 8 fully saturated rings. The third kappa shape index (κ3) is 35.4. The molecule has 0 saturated heterocycles. The summed E-state index contributed by atoms with van der Waals surface area (Å²) in [6.45, 7) is 59.0. The maximum Gasteiger partial charge on any atom is 0.312 e. The second-order valence-corrected chi connectivity index (χ2v) is 40.1. The van der Waals surface area contributed by atoms with Gasteiger partial charge in [0.25, 0.3) is 0 Å². The molecule has 8 aliphatic rings. The summed E-state index contributed by atoms with van der Waals surface area (Å²) in [5, 5.41) is 0. The zero-order chi connectivity index (χ0) is 80.0. The average molecular weight is 1670 g/mol. The molecule has 8 rings (SSSR count). The third-order valence-electron chi connectivity index (χ3n) is 30.6. The highest BCUT2D eigenvalue weighted by Crippen LogP contribution is 2.72. The van der Waals surface area contributed by atoms with Crippen molar-refractivity contribution in [2.75, 3.05) is 0 Å². The molecule has 0 amide bonds. The minimum Gasteiger partial charge on any atom is -0.459 e. The van der Waals surface area contributed by atoms with Crippen molar-refractivity contribution in [2.24, 2.45) is 67.0 Å². The molecule has 0 N–H and O–H groups in total. The summed E-state index contributed by atoms with van der Waals surface area (Å²) < 4.78 is 35.5. The molecule has 0 aromatic carbocycles. The van der Waals surface area contributed by atoms with Crippen molar-refractivity contribution in [3.63, 3.8) is 0 Å². The van der Waals surface area contributed by atoms with Crippen LogP contribution < -0.4 is 0 Å². The molecule has 117 heavy (non-hydrogen) atoms. The molecule has 0 aromatic heterocycles. The minimum atomic E-state index is -0.370. The summed E-state index contributed by atoms with van der Waals surface area (Å²) in [4.78, 5) is 73.1. The number of carbonyl (C=O) groups excluding carboxylic acids is 6. The van der Waals surface area contributed by atoms with Crippen LogP contribution in [0.3, 0.4) is 0 Å². The highest BCUT2D eigenvalue weighted by Gasteiger charge is 2.70. The molecule has 0 aromatic rings. The van der Waals surface area contributed by atoms with E-state index in [2.05, 4.69) is 96.9 Å². The van der Waals surface area contributed by atoms with E-state index in [4.69, 9.17) is 28.4 Å². The van der Waals surface area contributed by atoms with Crippen LogP contribution in [0.2, 0.25) is 0 Å². The first-order chi connectivity index (χ1) is 48.6. The lowest BCUT2D eigenvalue weighted by molar-refractivity contribution is -0.185. The van der Waals surface area contributed by atoms with Gasteiger partial charge < -0.3 is 28.4 Å². The minimum absolute atomic E-state index is 0. The van der Waals surface area contributed by atoms with E-state index in [0.29, 0.717) is 11.8 Å². The second-order valence-electron chi connectivity index (χ2n) is 40.1. The second kappa shape index (κ2) is 56.6. The van der Waals surface area contributed by atoms with Crippen LogP contribution in [0.5, 0.6) is 0 Å². The number of ether oxygens (including phenoxy) is 6. The molecular weight excluding hydrogens is 1450 g/mol.